The predicted octanol–water partition coefficient (Wildman–Crippen LogP) is 13.4. The van der Waals surface area contributed by atoms with Crippen molar-refractivity contribution < 1.29 is 8.83 Å². The number of nitrogens with zero attached hydrogens (tertiary/aromatic N) is 1. The zero-order valence-electron chi connectivity index (χ0n) is 26.5. The zero-order valence-corrected chi connectivity index (χ0v) is 26.5. The summed E-state index contributed by atoms with van der Waals surface area (Å²) in [6, 6.07) is 62.0. The van der Waals surface area contributed by atoms with E-state index in [1.54, 1.807) is 0 Å². The summed E-state index contributed by atoms with van der Waals surface area (Å²) in [5.74, 6) is 0. The summed E-state index contributed by atoms with van der Waals surface area (Å²) in [5.41, 5.74) is 11.3. The first kappa shape index (κ1) is 27.5. The molecule has 0 N–H and O–H groups in total. The molecule has 0 aliphatic carbocycles. The third kappa shape index (κ3) is 4.44. The first-order valence-corrected chi connectivity index (χ1v) is 16.6. The molecule has 0 saturated carbocycles. The molecule has 0 spiro atoms. The van der Waals surface area contributed by atoms with Gasteiger partial charge in [0.2, 0.25) is 0 Å². The fourth-order valence-corrected chi connectivity index (χ4v) is 7.43. The molecular formula is C46H29NO2. The summed E-state index contributed by atoms with van der Waals surface area (Å²) in [6.45, 7) is 0. The van der Waals surface area contributed by atoms with E-state index in [0.717, 1.165) is 83.0 Å². The number of fused-ring (bicyclic) bond motifs is 8. The highest BCUT2D eigenvalue weighted by Gasteiger charge is 2.21. The summed E-state index contributed by atoms with van der Waals surface area (Å²) < 4.78 is 12.9. The van der Waals surface area contributed by atoms with Crippen LogP contribution in [0.25, 0.3) is 76.9 Å². The lowest BCUT2D eigenvalue weighted by atomic mass is 9.97. The number of rotatable bonds is 5. The van der Waals surface area contributed by atoms with E-state index >= 15 is 0 Å². The van der Waals surface area contributed by atoms with Gasteiger partial charge in [0.25, 0.3) is 0 Å². The minimum absolute atomic E-state index is 0.862. The smallest absolute Gasteiger partial charge is 0.143 e. The molecule has 10 aromatic rings. The van der Waals surface area contributed by atoms with Crippen molar-refractivity contribution in [3.05, 3.63) is 176 Å². The largest absolute Gasteiger partial charge is 0.456 e. The van der Waals surface area contributed by atoms with Gasteiger partial charge in [-0.05, 0) is 82.2 Å². The summed E-state index contributed by atoms with van der Waals surface area (Å²) in [5, 5.41) is 6.73. The summed E-state index contributed by atoms with van der Waals surface area (Å²) in [4.78, 5) is 2.36. The first-order chi connectivity index (χ1) is 24.3. The fraction of sp³-hybridized carbons (Fsp3) is 0. The summed E-state index contributed by atoms with van der Waals surface area (Å²) in [7, 11) is 0. The van der Waals surface area contributed by atoms with Crippen LogP contribution < -0.4 is 4.90 Å². The van der Waals surface area contributed by atoms with Crippen molar-refractivity contribution in [3.8, 4) is 22.3 Å². The second-order valence-electron chi connectivity index (χ2n) is 12.5. The second-order valence-corrected chi connectivity index (χ2v) is 12.5. The average Bonchev–Trinajstić information content (AvgIpc) is 3.75. The van der Waals surface area contributed by atoms with Crippen LogP contribution in [-0.2, 0) is 0 Å². The van der Waals surface area contributed by atoms with Crippen LogP contribution >= 0.6 is 0 Å². The van der Waals surface area contributed by atoms with Crippen molar-refractivity contribution in [2.45, 2.75) is 0 Å². The molecule has 49 heavy (non-hydrogen) atoms. The lowest BCUT2D eigenvalue weighted by molar-refractivity contribution is 0.669. The van der Waals surface area contributed by atoms with Crippen molar-refractivity contribution in [1.29, 1.82) is 0 Å². The van der Waals surface area contributed by atoms with Crippen molar-refractivity contribution in [2.24, 2.45) is 0 Å². The Balaban J connectivity index is 1.21. The van der Waals surface area contributed by atoms with Gasteiger partial charge in [0.15, 0.2) is 0 Å². The maximum Gasteiger partial charge on any atom is 0.143 e. The Labute approximate surface area is 282 Å². The molecule has 0 unspecified atom stereocenters. The topological polar surface area (TPSA) is 29.5 Å². The Hall–Kier alpha value is -6.58. The third-order valence-electron chi connectivity index (χ3n) is 9.64. The highest BCUT2D eigenvalue weighted by Crippen LogP contribution is 2.45. The predicted molar refractivity (Wildman–Crippen MR) is 204 cm³/mol. The summed E-state index contributed by atoms with van der Waals surface area (Å²) in [6.07, 6.45) is 0. The Bertz CT molecular complexity index is 2840. The molecule has 3 nitrogen and oxygen atoms in total. The average molecular weight is 628 g/mol. The van der Waals surface area contributed by atoms with E-state index in [9.17, 15) is 0 Å². The molecule has 0 aliphatic rings. The molecule has 0 radical (unpaired) electrons. The normalized spacial score (nSPS) is 11.7. The van der Waals surface area contributed by atoms with E-state index < -0.39 is 0 Å². The van der Waals surface area contributed by atoms with Crippen LogP contribution in [0.4, 0.5) is 17.1 Å². The van der Waals surface area contributed by atoms with E-state index in [2.05, 4.69) is 169 Å². The van der Waals surface area contributed by atoms with Crippen LogP contribution in [0.3, 0.4) is 0 Å². The van der Waals surface area contributed by atoms with Crippen LogP contribution in [0.5, 0.6) is 0 Å². The van der Waals surface area contributed by atoms with Crippen LogP contribution in [-0.4, -0.2) is 0 Å². The van der Waals surface area contributed by atoms with Gasteiger partial charge >= 0.3 is 0 Å². The lowest BCUT2D eigenvalue weighted by Crippen LogP contribution is -2.10. The quantitative estimate of drug-likeness (QED) is 0.190. The molecule has 2 aromatic heterocycles. The SMILES string of the molecule is c1ccc(-c2cccc(N(c3cccc(-c4cccc5oc6c7ccccc7ccc6c45)c3)c3cccc4oc5ccccc5c34)c2)cc1. The van der Waals surface area contributed by atoms with Crippen molar-refractivity contribution >= 4 is 71.7 Å². The Morgan fingerprint density at radius 3 is 1.86 bits per heavy atom. The van der Waals surface area contributed by atoms with Gasteiger partial charge in [-0.25, -0.2) is 0 Å². The molecular weight excluding hydrogens is 599 g/mol. The number of hydrogen-bond acceptors (Lipinski definition) is 3. The highest BCUT2D eigenvalue weighted by atomic mass is 16.3. The molecule has 0 aliphatic heterocycles. The van der Waals surface area contributed by atoms with E-state index in [-0.39, 0.29) is 0 Å². The maximum atomic E-state index is 6.56. The molecule has 0 amide bonds. The number of furan rings is 2. The van der Waals surface area contributed by atoms with Gasteiger partial charge in [0.1, 0.15) is 22.3 Å². The molecule has 230 valence electrons. The monoisotopic (exact) mass is 627 g/mol. The van der Waals surface area contributed by atoms with Gasteiger partial charge in [-0.15, -0.1) is 0 Å². The number of benzene rings is 8. The van der Waals surface area contributed by atoms with Crippen LogP contribution in [0, 0.1) is 0 Å². The van der Waals surface area contributed by atoms with Crippen molar-refractivity contribution in [2.75, 3.05) is 4.90 Å². The van der Waals surface area contributed by atoms with Crippen LogP contribution in [0.2, 0.25) is 0 Å². The van der Waals surface area contributed by atoms with E-state index in [1.807, 2.05) is 12.1 Å². The molecule has 0 saturated heterocycles. The minimum Gasteiger partial charge on any atom is -0.456 e. The van der Waals surface area contributed by atoms with Gasteiger partial charge < -0.3 is 13.7 Å². The Kier molecular flexibility index (Phi) is 6.18. The highest BCUT2D eigenvalue weighted by molar-refractivity contribution is 6.19. The van der Waals surface area contributed by atoms with Gasteiger partial charge in [0, 0.05) is 32.9 Å². The molecule has 2 heterocycles. The molecule has 10 rings (SSSR count). The molecule has 0 fully saturated rings. The maximum absolute atomic E-state index is 6.56. The van der Waals surface area contributed by atoms with Crippen molar-refractivity contribution in [1.82, 2.24) is 0 Å². The molecule has 0 atom stereocenters. The minimum atomic E-state index is 0.862. The zero-order chi connectivity index (χ0) is 32.3. The van der Waals surface area contributed by atoms with E-state index in [4.69, 9.17) is 8.83 Å². The molecule has 8 aromatic carbocycles. The van der Waals surface area contributed by atoms with Crippen molar-refractivity contribution in [3.63, 3.8) is 0 Å². The number of hydrogen-bond donors (Lipinski definition) is 0. The summed E-state index contributed by atoms with van der Waals surface area (Å²) >= 11 is 0. The Morgan fingerprint density at radius 1 is 0.367 bits per heavy atom. The lowest BCUT2D eigenvalue weighted by Gasteiger charge is -2.27. The van der Waals surface area contributed by atoms with Gasteiger partial charge in [-0.1, -0.05) is 121 Å². The molecule has 3 heteroatoms. The third-order valence-corrected chi connectivity index (χ3v) is 9.64. The number of anilines is 3. The second kappa shape index (κ2) is 11.0. The van der Waals surface area contributed by atoms with Gasteiger partial charge in [-0.2, -0.15) is 0 Å². The Morgan fingerprint density at radius 2 is 1.00 bits per heavy atom. The standard InChI is InChI=1S/C46H29NO2/c1-2-12-30(13-3-1)32-15-8-17-34(28-32)47(40-22-11-25-43-45(40)38-20-6-7-23-41(38)48-43)35-18-9-16-33(29-35)36-21-10-24-42-44(36)39-27-26-31-14-4-5-19-37(31)46(39)49-42/h1-29H. The van der Waals surface area contributed by atoms with Gasteiger partial charge in [0.05, 0.1) is 11.1 Å². The van der Waals surface area contributed by atoms with Gasteiger partial charge in [-0.3, -0.25) is 0 Å². The first-order valence-electron chi connectivity index (χ1n) is 16.6. The van der Waals surface area contributed by atoms with E-state index in [0.29, 0.717) is 0 Å². The molecule has 0 bridgehead atoms. The number of para-hydroxylation sites is 1. The van der Waals surface area contributed by atoms with Crippen LogP contribution in [0.15, 0.2) is 185 Å². The van der Waals surface area contributed by atoms with Crippen LogP contribution in [0.1, 0.15) is 0 Å². The fourth-order valence-electron chi connectivity index (χ4n) is 7.43. The van der Waals surface area contributed by atoms with E-state index in [1.165, 1.54) is 10.9 Å².